The molecule has 0 aromatic heterocycles. The van der Waals surface area contributed by atoms with Gasteiger partial charge >= 0.3 is 11.9 Å². The highest BCUT2D eigenvalue weighted by atomic mass is 35.5. The maximum absolute atomic E-state index is 12.2. The van der Waals surface area contributed by atoms with Crippen molar-refractivity contribution in [2.75, 3.05) is 12.9 Å². The lowest BCUT2D eigenvalue weighted by atomic mass is 9.75. The summed E-state index contributed by atoms with van der Waals surface area (Å²) in [6.07, 6.45) is 4.90. The van der Waals surface area contributed by atoms with Gasteiger partial charge < -0.3 is 9.47 Å². The van der Waals surface area contributed by atoms with Crippen molar-refractivity contribution in [3.8, 4) is 0 Å². The number of thioether (sulfide) groups is 1. The Kier molecular flexibility index (Phi) is 7.84. The fraction of sp³-hybridized carbons (Fsp3) is 0.600. The molecule has 6 heteroatoms. The van der Waals surface area contributed by atoms with E-state index in [4.69, 9.17) is 21.1 Å². The number of rotatable bonds is 6. The first-order valence-electron chi connectivity index (χ1n) is 9.02. The first-order valence-corrected chi connectivity index (χ1v) is 10.6. The summed E-state index contributed by atoms with van der Waals surface area (Å²) >= 11 is 7.56. The van der Waals surface area contributed by atoms with E-state index >= 15 is 0 Å². The van der Waals surface area contributed by atoms with E-state index in [0.29, 0.717) is 22.8 Å². The molecule has 26 heavy (non-hydrogen) atoms. The smallest absolute Gasteiger partial charge is 0.344 e. The summed E-state index contributed by atoms with van der Waals surface area (Å²) in [6.45, 7) is 6.09. The number of ether oxygens (including phenoxy) is 2. The average Bonchev–Trinajstić information content (AvgIpc) is 2.60. The zero-order valence-corrected chi connectivity index (χ0v) is 17.4. The molecular weight excluding hydrogens is 372 g/mol. The number of carbonyl (C=O) groups is 2. The average molecular weight is 399 g/mol. The van der Waals surface area contributed by atoms with E-state index in [1.165, 1.54) is 11.8 Å². The number of carbonyl (C=O) groups excluding carboxylic acids is 2. The van der Waals surface area contributed by atoms with Gasteiger partial charge in [0.05, 0.1) is 10.6 Å². The van der Waals surface area contributed by atoms with Gasteiger partial charge in [-0.05, 0) is 55.1 Å². The van der Waals surface area contributed by atoms with E-state index in [0.717, 1.165) is 24.2 Å². The summed E-state index contributed by atoms with van der Waals surface area (Å²) in [4.78, 5) is 25.3. The van der Waals surface area contributed by atoms with Gasteiger partial charge in [0.25, 0.3) is 0 Å². The van der Waals surface area contributed by atoms with Crippen LogP contribution in [0.3, 0.4) is 0 Å². The third-order valence-corrected chi connectivity index (χ3v) is 6.01. The van der Waals surface area contributed by atoms with Gasteiger partial charge in [0.2, 0.25) is 0 Å². The molecule has 0 amide bonds. The first-order chi connectivity index (χ1) is 12.3. The molecule has 1 aromatic carbocycles. The summed E-state index contributed by atoms with van der Waals surface area (Å²) < 4.78 is 10.8. The summed E-state index contributed by atoms with van der Waals surface area (Å²) in [6, 6.07) is 5.14. The second-order valence-corrected chi connectivity index (χ2v) is 8.56. The van der Waals surface area contributed by atoms with Crippen LogP contribution in [0.4, 0.5) is 0 Å². The lowest BCUT2D eigenvalue weighted by molar-refractivity contribution is -0.159. The molecule has 3 atom stereocenters. The minimum atomic E-state index is -0.611. The molecule has 0 N–H and O–H groups in total. The lowest BCUT2D eigenvalue weighted by Gasteiger charge is -2.36. The molecule has 0 radical (unpaired) electrons. The standard InChI is InChI=1S/C20H27ClO4S/c1-12(2)15-7-5-13(3)9-18(15)25-19(22)11-24-20(23)16-10-14(26-4)6-8-17(16)21/h6,8,10,12-13,15,18H,5,7,9,11H2,1-4H3/t13-,15+,18-/m1/s1. The predicted octanol–water partition coefficient (Wildman–Crippen LogP) is 5.22. The van der Waals surface area contributed by atoms with Gasteiger partial charge in [-0.15, -0.1) is 11.8 Å². The van der Waals surface area contributed by atoms with Crippen molar-refractivity contribution in [3.05, 3.63) is 28.8 Å². The van der Waals surface area contributed by atoms with Crippen LogP contribution >= 0.6 is 23.4 Å². The molecule has 0 saturated heterocycles. The Morgan fingerprint density at radius 2 is 2.04 bits per heavy atom. The van der Waals surface area contributed by atoms with E-state index in [2.05, 4.69) is 20.8 Å². The Bertz CT molecular complexity index is 647. The molecule has 4 nitrogen and oxygen atoms in total. The normalized spacial score (nSPS) is 22.9. The summed E-state index contributed by atoms with van der Waals surface area (Å²) in [7, 11) is 0. The minimum absolute atomic E-state index is 0.103. The molecule has 0 bridgehead atoms. The van der Waals surface area contributed by atoms with E-state index in [9.17, 15) is 9.59 Å². The maximum Gasteiger partial charge on any atom is 0.344 e. The molecule has 1 aliphatic rings. The van der Waals surface area contributed by atoms with E-state index in [1.807, 2.05) is 12.3 Å². The van der Waals surface area contributed by atoms with Crippen LogP contribution in [0.1, 0.15) is 50.4 Å². The van der Waals surface area contributed by atoms with Crippen LogP contribution in [0.15, 0.2) is 23.1 Å². The number of esters is 2. The third kappa shape index (κ3) is 5.65. The van der Waals surface area contributed by atoms with Crippen molar-refractivity contribution in [1.82, 2.24) is 0 Å². The molecule has 0 aliphatic heterocycles. The summed E-state index contributed by atoms with van der Waals surface area (Å²) in [5.41, 5.74) is 0.262. The van der Waals surface area contributed by atoms with Crippen LogP contribution in [0.5, 0.6) is 0 Å². The Hall–Kier alpha value is -1.20. The molecule has 1 fully saturated rings. The molecule has 0 heterocycles. The molecule has 1 saturated carbocycles. The van der Waals surface area contributed by atoms with Gasteiger partial charge in [-0.25, -0.2) is 9.59 Å². The van der Waals surface area contributed by atoms with Crippen LogP contribution in [0, 0.1) is 17.8 Å². The van der Waals surface area contributed by atoms with Crippen molar-refractivity contribution in [3.63, 3.8) is 0 Å². The van der Waals surface area contributed by atoms with Crippen molar-refractivity contribution >= 4 is 35.3 Å². The molecule has 0 unspecified atom stereocenters. The van der Waals surface area contributed by atoms with Crippen LogP contribution in [-0.2, 0) is 14.3 Å². The van der Waals surface area contributed by atoms with Crippen LogP contribution in [-0.4, -0.2) is 30.9 Å². The van der Waals surface area contributed by atoms with Gasteiger partial charge in [0.15, 0.2) is 6.61 Å². The number of hydrogen-bond acceptors (Lipinski definition) is 5. The van der Waals surface area contributed by atoms with Crippen molar-refractivity contribution in [2.45, 2.75) is 51.0 Å². The summed E-state index contributed by atoms with van der Waals surface area (Å²) in [5.74, 6) is 0.244. The Balaban J connectivity index is 1.92. The van der Waals surface area contributed by atoms with Crippen LogP contribution in [0.25, 0.3) is 0 Å². The fourth-order valence-electron chi connectivity index (χ4n) is 3.44. The van der Waals surface area contributed by atoms with Gasteiger partial charge in [0.1, 0.15) is 6.10 Å². The predicted molar refractivity (Wildman–Crippen MR) is 105 cm³/mol. The Morgan fingerprint density at radius 3 is 2.69 bits per heavy atom. The second kappa shape index (κ2) is 9.65. The molecule has 1 aromatic rings. The Morgan fingerprint density at radius 1 is 1.31 bits per heavy atom. The van der Waals surface area contributed by atoms with Gasteiger partial charge in [-0.1, -0.05) is 38.8 Å². The highest BCUT2D eigenvalue weighted by molar-refractivity contribution is 7.98. The maximum atomic E-state index is 12.2. The van der Waals surface area contributed by atoms with E-state index < -0.39 is 18.5 Å². The number of halogens is 1. The molecule has 0 spiro atoms. The number of hydrogen-bond donors (Lipinski definition) is 0. The van der Waals surface area contributed by atoms with Crippen molar-refractivity contribution in [1.29, 1.82) is 0 Å². The van der Waals surface area contributed by atoms with Gasteiger partial charge in [-0.3, -0.25) is 0 Å². The number of benzene rings is 1. The summed E-state index contributed by atoms with van der Waals surface area (Å²) in [5, 5.41) is 0.308. The Labute approximate surface area is 165 Å². The molecule has 2 rings (SSSR count). The largest absolute Gasteiger partial charge is 0.460 e. The van der Waals surface area contributed by atoms with Gasteiger partial charge in [-0.2, -0.15) is 0 Å². The quantitative estimate of drug-likeness (QED) is 0.485. The monoisotopic (exact) mass is 398 g/mol. The van der Waals surface area contributed by atoms with Crippen LogP contribution < -0.4 is 0 Å². The molecular formula is C20H27ClO4S. The van der Waals surface area contributed by atoms with E-state index in [-0.39, 0.29) is 11.7 Å². The lowest BCUT2D eigenvalue weighted by Crippen LogP contribution is -2.36. The molecule has 1 aliphatic carbocycles. The fourth-order valence-corrected chi connectivity index (χ4v) is 4.08. The SMILES string of the molecule is CSc1ccc(Cl)c(C(=O)OCC(=O)O[C@@H]2C[C@H](C)CC[C@H]2C(C)C)c1. The van der Waals surface area contributed by atoms with Gasteiger partial charge in [0, 0.05) is 4.90 Å². The first kappa shape index (κ1) is 21.1. The van der Waals surface area contributed by atoms with Crippen molar-refractivity contribution < 1.29 is 19.1 Å². The highest BCUT2D eigenvalue weighted by Gasteiger charge is 2.33. The third-order valence-electron chi connectivity index (χ3n) is 4.96. The zero-order valence-electron chi connectivity index (χ0n) is 15.8. The van der Waals surface area contributed by atoms with E-state index in [1.54, 1.807) is 12.1 Å². The minimum Gasteiger partial charge on any atom is -0.460 e. The van der Waals surface area contributed by atoms with Crippen molar-refractivity contribution in [2.24, 2.45) is 17.8 Å². The topological polar surface area (TPSA) is 52.6 Å². The molecule has 144 valence electrons. The second-order valence-electron chi connectivity index (χ2n) is 7.28. The van der Waals surface area contributed by atoms with Crippen LogP contribution in [0.2, 0.25) is 5.02 Å². The zero-order chi connectivity index (χ0) is 19.3. The highest BCUT2D eigenvalue weighted by Crippen LogP contribution is 2.35.